The van der Waals surface area contributed by atoms with Crippen molar-refractivity contribution < 1.29 is 9.53 Å². The zero-order valence-corrected chi connectivity index (χ0v) is 10.4. The van der Waals surface area contributed by atoms with Gasteiger partial charge in [-0.3, -0.25) is 9.89 Å². The zero-order valence-electron chi connectivity index (χ0n) is 10.4. The normalized spacial score (nSPS) is 16.8. The topological polar surface area (TPSA) is 93.0 Å². The summed E-state index contributed by atoms with van der Waals surface area (Å²) in [5, 5.41) is 9.43. The number of anilines is 1. The maximum absolute atomic E-state index is 12.2. The Morgan fingerprint density at radius 3 is 3.05 bits per heavy atom. The molecule has 2 heterocycles. The molecule has 98 valence electrons. The van der Waals surface area contributed by atoms with Gasteiger partial charge in [-0.1, -0.05) is 18.2 Å². The molecule has 0 fully saturated rings. The van der Waals surface area contributed by atoms with Crippen LogP contribution in [0.2, 0.25) is 0 Å². The first-order valence-electron chi connectivity index (χ1n) is 6.00. The molecule has 2 aromatic rings. The predicted molar refractivity (Wildman–Crippen MR) is 69.9 cm³/mol. The number of amides is 1. The molecule has 1 aromatic carbocycles. The second-order valence-corrected chi connectivity index (χ2v) is 4.48. The van der Waals surface area contributed by atoms with Gasteiger partial charge in [0, 0.05) is 11.3 Å². The van der Waals surface area contributed by atoms with Gasteiger partial charge in [0.2, 0.25) is 0 Å². The van der Waals surface area contributed by atoms with E-state index in [1.807, 2.05) is 24.3 Å². The highest BCUT2D eigenvalue weighted by molar-refractivity contribution is 5.99. The number of carbonyl (C=O) groups is 1. The van der Waals surface area contributed by atoms with Gasteiger partial charge in [-0.2, -0.15) is 5.10 Å². The van der Waals surface area contributed by atoms with Crippen LogP contribution in [0.1, 0.15) is 27.7 Å². The molecule has 0 spiro atoms. The van der Waals surface area contributed by atoms with Gasteiger partial charge in [0.05, 0.1) is 6.04 Å². The van der Waals surface area contributed by atoms with E-state index in [1.54, 1.807) is 6.92 Å². The summed E-state index contributed by atoms with van der Waals surface area (Å²) in [5.41, 5.74) is 7.71. The molecule has 19 heavy (non-hydrogen) atoms. The van der Waals surface area contributed by atoms with E-state index in [1.165, 1.54) is 0 Å². The number of benzene rings is 1. The number of ether oxygens (including phenoxy) is 1. The van der Waals surface area contributed by atoms with Crippen molar-refractivity contribution in [3.8, 4) is 5.75 Å². The van der Waals surface area contributed by atoms with Gasteiger partial charge >= 0.3 is 0 Å². The first-order chi connectivity index (χ1) is 9.16. The van der Waals surface area contributed by atoms with Crippen LogP contribution in [-0.4, -0.2) is 22.7 Å². The Morgan fingerprint density at radius 1 is 1.53 bits per heavy atom. The number of hydrogen-bond acceptors (Lipinski definition) is 4. The third-order valence-corrected chi connectivity index (χ3v) is 3.21. The summed E-state index contributed by atoms with van der Waals surface area (Å²) in [6, 6.07) is 7.50. The third kappa shape index (κ3) is 1.91. The highest BCUT2D eigenvalue weighted by Gasteiger charge is 2.27. The number of rotatable bonds is 2. The average Bonchev–Trinajstić information content (AvgIpc) is 2.94. The molecule has 0 bridgehead atoms. The van der Waals surface area contributed by atoms with E-state index in [0.29, 0.717) is 17.9 Å². The largest absolute Gasteiger partial charge is 0.491 e. The molecule has 1 atom stereocenters. The van der Waals surface area contributed by atoms with Gasteiger partial charge in [-0.25, -0.2) is 0 Å². The molecule has 1 aliphatic heterocycles. The maximum atomic E-state index is 12.2. The summed E-state index contributed by atoms with van der Waals surface area (Å²) in [4.78, 5) is 12.2. The molecule has 1 aromatic heterocycles. The van der Waals surface area contributed by atoms with Gasteiger partial charge in [-0.15, -0.1) is 0 Å². The minimum absolute atomic E-state index is 0.155. The zero-order chi connectivity index (χ0) is 13.4. The van der Waals surface area contributed by atoms with Crippen molar-refractivity contribution >= 4 is 11.7 Å². The van der Waals surface area contributed by atoms with Crippen LogP contribution in [0.5, 0.6) is 5.75 Å². The van der Waals surface area contributed by atoms with Crippen LogP contribution in [0.3, 0.4) is 0 Å². The summed E-state index contributed by atoms with van der Waals surface area (Å²) >= 11 is 0. The van der Waals surface area contributed by atoms with Crippen LogP contribution in [0.25, 0.3) is 0 Å². The summed E-state index contributed by atoms with van der Waals surface area (Å²) in [5.74, 6) is 0.779. The molecular formula is C13H14N4O2. The van der Waals surface area contributed by atoms with Crippen LogP contribution in [0.15, 0.2) is 24.3 Å². The van der Waals surface area contributed by atoms with Gasteiger partial charge in [0.1, 0.15) is 17.9 Å². The van der Waals surface area contributed by atoms with Crippen LogP contribution >= 0.6 is 0 Å². The van der Waals surface area contributed by atoms with Gasteiger partial charge in [0.25, 0.3) is 5.91 Å². The number of carbonyl (C=O) groups excluding carboxylic acids is 1. The number of nitrogen functional groups attached to an aromatic ring is 1. The molecular weight excluding hydrogens is 244 g/mol. The quantitative estimate of drug-likeness (QED) is 0.753. The van der Waals surface area contributed by atoms with Crippen molar-refractivity contribution in [3.05, 3.63) is 41.1 Å². The molecule has 0 saturated carbocycles. The molecule has 1 aliphatic rings. The number of nitrogens with one attached hydrogen (secondary N) is 2. The number of fused-ring (bicyclic) bond motifs is 1. The monoisotopic (exact) mass is 258 g/mol. The minimum Gasteiger partial charge on any atom is -0.491 e. The number of nitrogens with zero attached hydrogens (tertiary/aromatic N) is 1. The summed E-state index contributed by atoms with van der Waals surface area (Å²) < 4.78 is 5.52. The molecule has 0 aliphatic carbocycles. The molecule has 1 unspecified atom stereocenters. The van der Waals surface area contributed by atoms with E-state index in [9.17, 15) is 4.79 Å². The number of nitrogens with two attached hydrogens (primary N) is 1. The first-order valence-corrected chi connectivity index (χ1v) is 6.00. The number of aryl methyl sites for hydroxylation is 1. The molecule has 6 nitrogen and oxygen atoms in total. The summed E-state index contributed by atoms with van der Waals surface area (Å²) in [6.45, 7) is 2.19. The Balaban J connectivity index is 1.82. The lowest BCUT2D eigenvalue weighted by Crippen LogP contribution is -2.30. The van der Waals surface area contributed by atoms with Crippen LogP contribution < -0.4 is 15.8 Å². The Labute approximate surface area is 110 Å². The SMILES string of the molecule is Cc1[nH]nc(N)c1C(=O)NC1COc2ccccc21. The number of aromatic amines is 1. The fraction of sp³-hybridized carbons (Fsp3) is 0.231. The maximum Gasteiger partial charge on any atom is 0.257 e. The molecule has 0 saturated heterocycles. The molecule has 4 N–H and O–H groups in total. The smallest absolute Gasteiger partial charge is 0.257 e. The Kier molecular flexibility index (Phi) is 2.63. The molecule has 0 radical (unpaired) electrons. The Hall–Kier alpha value is -2.50. The Morgan fingerprint density at radius 2 is 2.32 bits per heavy atom. The molecule has 1 amide bonds. The van der Waals surface area contributed by atoms with Crippen molar-refractivity contribution in [1.29, 1.82) is 0 Å². The highest BCUT2D eigenvalue weighted by atomic mass is 16.5. The first kappa shape index (κ1) is 11.6. The second kappa shape index (κ2) is 4.31. The number of para-hydroxylation sites is 1. The average molecular weight is 258 g/mol. The predicted octanol–water partition coefficient (Wildman–Crippen LogP) is 1.16. The van der Waals surface area contributed by atoms with Crippen molar-refractivity contribution in [1.82, 2.24) is 15.5 Å². The Bertz CT molecular complexity index is 616. The van der Waals surface area contributed by atoms with Gasteiger partial charge in [-0.05, 0) is 13.0 Å². The summed E-state index contributed by atoms with van der Waals surface area (Å²) in [6.07, 6.45) is 0. The van der Waals surface area contributed by atoms with Crippen LogP contribution in [-0.2, 0) is 0 Å². The fourth-order valence-corrected chi connectivity index (χ4v) is 2.25. The number of aromatic nitrogens is 2. The van der Waals surface area contributed by atoms with E-state index in [-0.39, 0.29) is 17.8 Å². The van der Waals surface area contributed by atoms with Crippen molar-refractivity contribution in [2.45, 2.75) is 13.0 Å². The van der Waals surface area contributed by atoms with Crippen LogP contribution in [0.4, 0.5) is 5.82 Å². The second-order valence-electron chi connectivity index (χ2n) is 4.48. The van der Waals surface area contributed by atoms with Crippen molar-refractivity contribution in [2.24, 2.45) is 0 Å². The van der Waals surface area contributed by atoms with E-state index in [2.05, 4.69) is 15.5 Å². The lowest BCUT2D eigenvalue weighted by atomic mass is 10.1. The van der Waals surface area contributed by atoms with Crippen molar-refractivity contribution in [3.63, 3.8) is 0 Å². The highest BCUT2D eigenvalue weighted by Crippen LogP contribution is 2.32. The minimum atomic E-state index is -0.242. The lowest BCUT2D eigenvalue weighted by Gasteiger charge is -2.11. The van der Waals surface area contributed by atoms with E-state index in [4.69, 9.17) is 10.5 Å². The standard InChI is InChI=1S/C13H14N4O2/c1-7-11(12(14)17-16-7)13(18)15-9-6-19-10-5-3-2-4-8(9)10/h2-5,9H,6H2,1H3,(H,15,18)(H3,14,16,17). The number of H-pyrrole nitrogens is 1. The third-order valence-electron chi connectivity index (χ3n) is 3.21. The molecule has 3 rings (SSSR count). The lowest BCUT2D eigenvalue weighted by molar-refractivity contribution is 0.0930. The van der Waals surface area contributed by atoms with E-state index >= 15 is 0 Å². The van der Waals surface area contributed by atoms with E-state index < -0.39 is 0 Å². The number of hydrogen-bond donors (Lipinski definition) is 3. The van der Waals surface area contributed by atoms with Gasteiger partial charge in [0.15, 0.2) is 5.82 Å². The summed E-state index contributed by atoms with van der Waals surface area (Å²) in [7, 11) is 0. The fourth-order valence-electron chi connectivity index (χ4n) is 2.25. The molecule has 6 heteroatoms. The van der Waals surface area contributed by atoms with Crippen LogP contribution in [0, 0.1) is 6.92 Å². The van der Waals surface area contributed by atoms with Crippen molar-refractivity contribution in [2.75, 3.05) is 12.3 Å². The van der Waals surface area contributed by atoms with E-state index in [0.717, 1.165) is 11.3 Å². The van der Waals surface area contributed by atoms with Gasteiger partial charge < -0.3 is 15.8 Å².